The lowest BCUT2D eigenvalue weighted by Crippen LogP contribution is -2.17. The van der Waals surface area contributed by atoms with Crippen molar-refractivity contribution in [3.63, 3.8) is 0 Å². The third-order valence-electron chi connectivity index (χ3n) is 2.66. The van der Waals surface area contributed by atoms with Crippen LogP contribution in [0.1, 0.15) is 0 Å². The summed E-state index contributed by atoms with van der Waals surface area (Å²) in [7, 11) is 0. The fraction of sp³-hybridized carbons (Fsp3) is 0. The van der Waals surface area contributed by atoms with Gasteiger partial charge in [0.15, 0.2) is 0 Å². The molecule has 0 saturated heterocycles. The van der Waals surface area contributed by atoms with Crippen molar-refractivity contribution in [3.05, 3.63) is 45.4 Å². The van der Waals surface area contributed by atoms with Gasteiger partial charge in [-0.05, 0) is 58.5 Å². The molecule has 0 fully saturated rings. The molecule has 2 aromatic heterocycles. The molecule has 0 aliphatic carbocycles. The highest BCUT2D eigenvalue weighted by Crippen LogP contribution is 2.36. The highest BCUT2D eigenvalue weighted by molar-refractivity contribution is 6.31. The van der Waals surface area contributed by atoms with Gasteiger partial charge in [0.25, 0.3) is 0 Å². The molecule has 0 atom stereocenters. The molecule has 122 valence electrons. The molecule has 12 heteroatoms. The van der Waals surface area contributed by atoms with Crippen molar-refractivity contribution >= 4 is 64.0 Å². The summed E-state index contributed by atoms with van der Waals surface area (Å²) in [5.74, 6) is -0.183. The van der Waals surface area contributed by atoms with Crippen LogP contribution in [0.4, 0.5) is 17.6 Å². The first-order valence-electron chi connectivity index (χ1n) is 6.16. The van der Waals surface area contributed by atoms with E-state index in [4.69, 9.17) is 46.4 Å². The average Bonchev–Trinajstić information content (AvgIpc) is 2.47. The van der Waals surface area contributed by atoms with Gasteiger partial charge in [-0.3, -0.25) is 0 Å². The third-order valence-corrected chi connectivity index (χ3v) is 3.34. The molecular formula is C12H5Cl4N7O. The van der Waals surface area contributed by atoms with Crippen molar-refractivity contribution in [3.8, 4) is 5.75 Å². The van der Waals surface area contributed by atoms with Gasteiger partial charge < -0.3 is 5.11 Å². The Labute approximate surface area is 155 Å². The molecule has 1 N–H and O–H groups in total. The SMILES string of the molecule is Oc1ccccc1N(c1nc(Cl)nc(Cl)n1)c1nc(Cl)nc(Cl)n1. The summed E-state index contributed by atoms with van der Waals surface area (Å²) >= 11 is 23.3. The van der Waals surface area contributed by atoms with Crippen LogP contribution < -0.4 is 4.90 Å². The number of rotatable bonds is 3. The molecule has 1 aromatic carbocycles. The number of para-hydroxylation sites is 2. The van der Waals surface area contributed by atoms with E-state index in [0.717, 1.165) is 0 Å². The van der Waals surface area contributed by atoms with Gasteiger partial charge in [-0.15, -0.1) is 0 Å². The Bertz CT molecular complexity index is 818. The molecule has 0 spiro atoms. The number of nitrogens with zero attached hydrogens (tertiary/aromatic N) is 7. The maximum Gasteiger partial charge on any atom is 0.242 e. The van der Waals surface area contributed by atoms with Gasteiger partial charge in [0.2, 0.25) is 33.0 Å². The van der Waals surface area contributed by atoms with Crippen molar-refractivity contribution < 1.29 is 5.11 Å². The number of phenolic OH excluding ortho intramolecular Hbond substituents is 1. The van der Waals surface area contributed by atoms with Crippen molar-refractivity contribution in [1.29, 1.82) is 0 Å². The Morgan fingerprint density at radius 3 is 1.50 bits per heavy atom. The normalized spacial score (nSPS) is 10.7. The second-order valence-corrected chi connectivity index (χ2v) is 5.52. The molecule has 0 radical (unpaired) electrons. The molecule has 0 aliphatic heterocycles. The molecule has 0 amide bonds. The molecule has 0 saturated carbocycles. The average molecular weight is 405 g/mol. The molecule has 0 aliphatic rings. The lowest BCUT2D eigenvalue weighted by molar-refractivity contribution is 0.476. The minimum Gasteiger partial charge on any atom is -0.506 e. The zero-order chi connectivity index (χ0) is 17.3. The number of phenols is 1. The maximum atomic E-state index is 10.2. The van der Waals surface area contributed by atoms with Crippen LogP contribution in [0.2, 0.25) is 21.1 Å². The summed E-state index contributed by atoms with van der Waals surface area (Å²) in [5.41, 5.74) is 0.245. The Morgan fingerprint density at radius 1 is 0.667 bits per heavy atom. The van der Waals surface area contributed by atoms with Gasteiger partial charge in [0, 0.05) is 0 Å². The lowest BCUT2D eigenvalue weighted by Gasteiger charge is -2.21. The van der Waals surface area contributed by atoms with Crippen molar-refractivity contribution in [2.24, 2.45) is 0 Å². The lowest BCUT2D eigenvalue weighted by atomic mass is 10.2. The Morgan fingerprint density at radius 2 is 1.08 bits per heavy atom. The van der Waals surface area contributed by atoms with Gasteiger partial charge in [-0.25, -0.2) is 4.90 Å². The van der Waals surface area contributed by atoms with E-state index >= 15 is 0 Å². The fourth-order valence-electron chi connectivity index (χ4n) is 1.79. The monoisotopic (exact) mass is 403 g/mol. The van der Waals surface area contributed by atoms with Crippen LogP contribution in [-0.2, 0) is 0 Å². The molecular weight excluding hydrogens is 400 g/mol. The Kier molecular flexibility index (Phi) is 4.81. The van der Waals surface area contributed by atoms with E-state index in [0.29, 0.717) is 0 Å². The summed E-state index contributed by atoms with van der Waals surface area (Å²) < 4.78 is 0. The molecule has 0 bridgehead atoms. The molecule has 3 rings (SSSR count). The topological polar surface area (TPSA) is 101 Å². The van der Waals surface area contributed by atoms with E-state index in [-0.39, 0.29) is 44.5 Å². The Balaban J connectivity index is 2.26. The standard InChI is InChI=1S/C12H5Cl4N7O/c13-7-17-8(14)20-11(19-7)23(5-3-1-2-4-6(5)24)12-21-9(15)18-10(16)22-12/h1-4,24H. The highest BCUT2D eigenvalue weighted by atomic mass is 35.5. The van der Waals surface area contributed by atoms with Gasteiger partial charge in [-0.1, -0.05) is 12.1 Å². The van der Waals surface area contributed by atoms with E-state index < -0.39 is 0 Å². The van der Waals surface area contributed by atoms with Crippen LogP contribution in [0.15, 0.2) is 24.3 Å². The van der Waals surface area contributed by atoms with Crippen LogP contribution in [0.3, 0.4) is 0 Å². The van der Waals surface area contributed by atoms with Gasteiger partial charge in [-0.2, -0.15) is 29.9 Å². The van der Waals surface area contributed by atoms with Gasteiger partial charge >= 0.3 is 0 Å². The molecule has 24 heavy (non-hydrogen) atoms. The maximum absolute atomic E-state index is 10.2. The van der Waals surface area contributed by atoms with Crippen LogP contribution in [-0.4, -0.2) is 35.0 Å². The minimum absolute atomic E-state index is 0.0418. The number of hydrogen-bond donors (Lipinski definition) is 1. The van der Waals surface area contributed by atoms with E-state index in [9.17, 15) is 5.11 Å². The minimum atomic E-state index is -0.156. The van der Waals surface area contributed by atoms with Crippen LogP contribution in [0.25, 0.3) is 0 Å². The first kappa shape index (κ1) is 16.8. The number of aromatic nitrogens is 6. The Hall–Kier alpha value is -2.00. The number of halogens is 4. The largest absolute Gasteiger partial charge is 0.506 e. The van der Waals surface area contributed by atoms with E-state index in [1.165, 1.54) is 11.0 Å². The summed E-state index contributed by atoms with van der Waals surface area (Å²) in [6.07, 6.45) is 0. The van der Waals surface area contributed by atoms with Crippen LogP contribution >= 0.6 is 46.4 Å². The summed E-state index contributed by atoms with van der Waals surface area (Å²) in [5, 5.41) is 9.54. The zero-order valence-corrected chi connectivity index (χ0v) is 14.4. The zero-order valence-electron chi connectivity index (χ0n) is 11.4. The van der Waals surface area contributed by atoms with Crippen molar-refractivity contribution in [1.82, 2.24) is 29.9 Å². The number of hydrogen-bond acceptors (Lipinski definition) is 8. The second kappa shape index (κ2) is 6.86. The van der Waals surface area contributed by atoms with Gasteiger partial charge in [0.05, 0.1) is 5.69 Å². The van der Waals surface area contributed by atoms with Crippen molar-refractivity contribution in [2.45, 2.75) is 0 Å². The van der Waals surface area contributed by atoms with Crippen molar-refractivity contribution in [2.75, 3.05) is 4.90 Å². The first-order valence-corrected chi connectivity index (χ1v) is 7.67. The van der Waals surface area contributed by atoms with E-state index in [1.807, 2.05) is 0 Å². The number of anilines is 3. The van der Waals surface area contributed by atoms with E-state index in [1.54, 1.807) is 18.2 Å². The quantitative estimate of drug-likeness (QED) is 0.702. The van der Waals surface area contributed by atoms with Crippen LogP contribution in [0, 0.1) is 0 Å². The molecule has 8 nitrogen and oxygen atoms in total. The summed E-state index contributed by atoms with van der Waals surface area (Å²) in [6.45, 7) is 0. The first-order chi connectivity index (χ1) is 11.4. The van der Waals surface area contributed by atoms with Crippen LogP contribution in [0.5, 0.6) is 5.75 Å². The highest BCUT2D eigenvalue weighted by Gasteiger charge is 2.23. The molecule has 2 heterocycles. The van der Waals surface area contributed by atoms with E-state index in [2.05, 4.69) is 29.9 Å². The fourth-order valence-corrected chi connectivity index (χ4v) is 2.50. The van der Waals surface area contributed by atoms with Gasteiger partial charge in [0.1, 0.15) is 5.75 Å². The molecule has 0 unspecified atom stereocenters. The summed E-state index contributed by atoms with van der Waals surface area (Å²) in [4.78, 5) is 24.5. The number of aromatic hydroxyl groups is 1. The smallest absolute Gasteiger partial charge is 0.242 e. The number of benzene rings is 1. The predicted molar refractivity (Wildman–Crippen MR) is 89.6 cm³/mol. The molecule has 3 aromatic rings. The third kappa shape index (κ3) is 3.57. The predicted octanol–water partition coefficient (Wildman–Crippen LogP) is 3.85. The summed E-state index contributed by atoms with van der Waals surface area (Å²) in [6, 6.07) is 6.35. The second-order valence-electron chi connectivity index (χ2n) is 4.17.